The molecule has 3 aromatic rings. The summed E-state index contributed by atoms with van der Waals surface area (Å²) < 4.78 is 32.7. The van der Waals surface area contributed by atoms with Crippen LogP contribution in [0.5, 0.6) is 5.75 Å². The zero-order chi connectivity index (χ0) is 23.5. The maximum absolute atomic E-state index is 13.4. The van der Waals surface area contributed by atoms with E-state index in [0.29, 0.717) is 25.7 Å². The molecule has 5 nitrogen and oxygen atoms in total. The van der Waals surface area contributed by atoms with Crippen molar-refractivity contribution in [3.63, 3.8) is 0 Å². The molecule has 0 bridgehead atoms. The quantitative estimate of drug-likeness (QED) is 0.360. The Balaban J connectivity index is 2.08. The molecule has 0 aliphatic rings. The molecule has 0 radical (unpaired) electrons. The van der Waals surface area contributed by atoms with Crippen molar-refractivity contribution in [3.8, 4) is 5.75 Å². The van der Waals surface area contributed by atoms with Gasteiger partial charge in [0.2, 0.25) is 0 Å². The highest BCUT2D eigenvalue weighted by atomic mass is 35.5. The summed E-state index contributed by atoms with van der Waals surface area (Å²) in [6.45, 7) is 1.84. The van der Waals surface area contributed by atoms with Crippen LogP contribution < -0.4 is 9.04 Å². The van der Waals surface area contributed by atoms with Crippen LogP contribution in [-0.4, -0.2) is 21.4 Å². The number of carbonyl (C=O) groups is 1. The number of aryl methyl sites for hydroxylation is 1. The van der Waals surface area contributed by atoms with Crippen LogP contribution in [0.15, 0.2) is 71.6 Å². The van der Waals surface area contributed by atoms with E-state index in [1.165, 1.54) is 43.5 Å². The second-order valence-electron chi connectivity index (χ2n) is 6.75. The van der Waals surface area contributed by atoms with Crippen LogP contribution >= 0.6 is 34.8 Å². The Bertz CT molecular complexity index is 1290. The molecule has 0 saturated carbocycles. The molecule has 166 valence electrons. The molecule has 0 heterocycles. The Labute approximate surface area is 201 Å². The van der Waals surface area contributed by atoms with Crippen molar-refractivity contribution >= 4 is 62.5 Å². The fourth-order valence-electron chi connectivity index (χ4n) is 2.83. The van der Waals surface area contributed by atoms with E-state index in [9.17, 15) is 13.2 Å². The molecule has 0 N–H and O–H groups in total. The van der Waals surface area contributed by atoms with Gasteiger partial charge in [0.05, 0.1) is 32.8 Å². The molecule has 0 aliphatic carbocycles. The van der Waals surface area contributed by atoms with Gasteiger partial charge in [-0.1, -0.05) is 58.6 Å². The van der Waals surface area contributed by atoms with E-state index in [-0.39, 0.29) is 15.6 Å². The molecular weight excluding hydrogens is 493 g/mol. The van der Waals surface area contributed by atoms with Gasteiger partial charge in [-0.05, 0) is 61.0 Å². The number of nitrogens with zero attached hydrogens (tertiary/aromatic N) is 1. The van der Waals surface area contributed by atoms with Crippen molar-refractivity contribution in [2.45, 2.75) is 11.8 Å². The van der Waals surface area contributed by atoms with Crippen LogP contribution in [0.3, 0.4) is 0 Å². The normalized spacial score (nSPS) is 11.5. The first-order chi connectivity index (χ1) is 15.1. The number of sulfonamides is 1. The van der Waals surface area contributed by atoms with Gasteiger partial charge in [0.15, 0.2) is 0 Å². The molecule has 3 rings (SSSR count). The van der Waals surface area contributed by atoms with Crippen LogP contribution in [0, 0.1) is 6.92 Å². The van der Waals surface area contributed by atoms with E-state index in [4.69, 9.17) is 39.5 Å². The topological polar surface area (TPSA) is 63.7 Å². The maximum atomic E-state index is 13.4. The smallest absolute Gasteiger partial charge is 0.271 e. The molecule has 0 aromatic heterocycles. The Hall–Kier alpha value is -2.51. The fraction of sp³-hybridized carbons (Fsp3) is 0.0870. The average molecular weight is 511 g/mol. The third kappa shape index (κ3) is 5.27. The minimum Gasteiger partial charge on any atom is -0.495 e. The first kappa shape index (κ1) is 24.1. The lowest BCUT2D eigenvalue weighted by Crippen LogP contribution is -2.35. The lowest BCUT2D eigenvalue weighted by Gasteiger charge is -2.22. The van der Waals surface area contributed by atoms with Crippen LogP contribution in [0.4, 0.5) is 5.69 Å². The van der Waals surface area contributed by atoms with Crippen LogP contribution in [0.25, 0.3) is 6.08 Å². The second kappa shape index (κ2) is 9.96. The van der Waals surface area contributed by atoms with Crippen molar-refractivity contribution in [1.29, 1.82) is 0 Å². The highest BCUT2D eigenvalue weighted by molar-refractivity contribution is 7.93. The minimum absolute atomic E-state index is 0.0358. The molecule has 0 fully saturated rings. The SMILES string of the molecule is COc1ccc(N(C(=O)/C=C/c2ccc(Cl)c(Cl)c2)S(=O)(=O)c2ccc(C)cc2)cc1Cl. The first-order valence-electron chi connectivity index (χ1n) is 9.26. The lowest BCUT2D eigenvalue weighted by molar-refractivity contribution is -0.113. The molecule has 32 heavy (non-hydrogen) atoms. The molecule has 3 aromatic carbocycles. The molecule has 0 atom stereocenters. The monoisotopic (exact) mass is 509 g/mol. The summed E-state index contributed by atoms with van der Waals surface area (Å²) >= 11 is 18.1. The number of rotatable bonds is 6. The van der Waals surface area contributed by atoms with E-state index in [1.807, 2.05) is 6.92 Å². The highest BCUT2D eigenvalue weighted by Crippen LogP contribution is 2.32. The number of amides is 1. The van der Waals surface area contributed by atoms with E-state index < -0.39 is 15.9 Å². The van der Waals surface area contributed by atoms with Gasteiger partial charge >= 0.3 is 0 Å². The van der Waals surface area contributed by atoms with Crippen molar-refractivity contribution in [3.05, 3.63) is 92.9 Å². The average Bonchev–Trinajstić information content (AvgIpc) is 2.75. The first-order valence-corrected chi connectivity index (χ1v) is 11.8. The van der Waals surface area contributed by atoms with Crippen molar-refractivity contribution in [2.75, 3.05) is 11.4 Å². The molecule has 0 unspecified atom stereocenters. The van der Waals surface area contributed by atoms with Gasteiger partial charge in [0.25, 0.3) is 15.9 Å². The van der Waals surface area contributed by atoms with E-state index in [1.54, 1.807) is 30.3 Å². The van der Waals surface area contributed by atoms with Gasteiger partial charge in [0.1, 0.15) is 5.75 Å². The number of halogens is 3. The number of anilines is 1. The van der Waals surface area contributed by atoms with Crippen molar-refractivity contribution < 1.29 is 17.9 Å². The van der Waals surface area contributed by atoms with Gasteiger partial charge in [-0.2, -0.15) is 4.31 Å². The van der Waals surface area contributed by atoms with Gasteiger partial charge in [-0.15, -0.1) is 0 Å². The molecule has 0 spiro atoms. The van der Waals surface area contributed by atoms with E-state index in [2.05, 4.69) is 0 Å². The largest absolute Gasteiger partial charge is 0.495 e. The van der Waals surface area contributed by atoms with Crippen LogP contribution in [0.1, 0.15) is 11.1 Å². The molecule has 0 saturated heterocycles. The van der Waals surface area contributed by atoms with Crippen molar-refractivity contribution in [1.82, 2.24) is 0 Å². The summed E-state index contributed by atoms with van der Waals surface area (Å²) in [5.41, 5.74) is 1.53. The Morgan fingerprint density at radius 1 is 0.906 bits per heavy atom. The Morgan fingerprint density at radius 3 is 2.19 bits per heavy atom. The second-order valence-corrected chi connectivity index (χ2v) is 9.75. The molecule has 0 aliphatic heterocycles. The molecule has 9 heteroatoms. The number of methoxy groups -OCH3 is 1. The summed E-state index contributed by atoms with van der Waals surface area (Å²) in [5.74, 6) is -0.445. The van der Waals surface area contributed by atoms with Gasteiger partial charge in [0, 0.05) is 6.08 Å². The van der Waals surface area contributed by atoms with Gasteiger partial charge < -0.3 is 4.74 Å². The summed E-state index contributed by atoms with van der Waals surface area (Å²) in [7, 11) is -2.80. The maximum Gasteiger partial charge on any atom is 0.271 e. The Morgan fingerprint density at radius 2 is 1.59 bits per heavy atom. The molecule has 1 amide bonds. The summed E-state index contributed by atoms with van der Waals surface area (Å²) in [6, 6.07) is 15.3. The molecular formula is C23H18Cl3NO4S. The number of ether oxygens (including phenoxy) is 1. The Kier molecular flexibility index (Phi) is 7.51. The number of hydrogen-bond donors (Lipinski definition) is 0. The highest BCUT2D eigenvalue weighted by Gasteiger charge is 2.30. The standard InChI is InChI=1S/C23H18Cl3NO4S/c1-15-3-8-18(9-4-15)32(29,30)27(17-7-11-22(31-2)21(26)14-17)23(28)12-6-16-5-10-19(24)20(25)13-16/h3-14H,1-2H3/b12-6+. The predicted octanol–water partition coefficient (Wildman–Crippen LogP) is 6.40. The summed E-state index contributed by atoms with van der Waals surface area (Å²) in [4.78, 5) is 13.1. The van der Waals surface area contributed by atoms with Gasteiger partial charge in [-0.3, -0.25) is 4.79 Å². The van der Waals surface area contributed by atoms with Crippen LogP contribution in [0.2, 0.25) is 15.1 Å². The zero-order valence-corrected chi connectivity index (χ0v) is 20.1. The number of benzene rings is 3. The van der Waals surface area contributed by atoms with Gasteiger partial charge in [-0.25, -0.2) is 8.42 Å². The summed E-state index contributed by atoms with van der Waals surface area (Å²) in [6.07, 6.45) is 2.59. The number of carbonyl (C=O) groups excluding carboxylic acids is 1. The third-order valence-corrected chi connectivity index (χ3v) is 7.27. The number of hydrogen-bond acceptors (Lipinski definition) is 4. The van der Waals surface area contributed by atoms with Crippen molar-refractivity contribution in [2.24, 2.45) is 0 Å². The summed E-state index contributed by atoms with van der Waals surface area (Å²) in [5, 5.41) is 0.842. The fourth-order valence-corrected chi connectivity index (χ4v) is 4.77. The van der Waals surface area contributed by atoms with E-state index in [0.717, 1.165) is 11.6 Å². The lowest BCUT2D eigenvalue weighted by atomic mass is 10.2. The zero-order valence-electron chi connectivity index (χ0n) is 17.1. The van der Waals surface area contributed by atoms with Crippen LogP contribution in [-0.2, 0) is 14.8 Å². The predicted molar refractivity (Wildman–Crippen MR) is 129 cm³/mol. The minimum atomic E-state index is -4.24. The van der Waals surface area contributed by atoms with E-state index >= 15 is 0 Å². The third-order valence-electron chi connectivity index (χ3n) is 4.49.